The van der Waals surface area contributed by atoms with Gasteiger partial charge in [0.2, 0.25) is 5.91 Å². The van der Waals surface area contributed by atoms with Gasteiger partial charge in [-0.3, -0.25) is 14.4 Å². The van der Waals surface area contributed by atoms with E-state index in [1.807, 2.05) is 6.92 Å². The van der Waals surface area contributed by atoms with Gasteiger partial charge in [-0.25, -0.2) is 0 Å². The lowest BCUT2D eigenvalue weighted by molar-refractivity contribution is -0.120. The molecule has 2 amide bonds. The molecule has 0 radical (unpaired) electrons. The second kappa shape index (κ2) is 9.31. The van der Waals surface area contributed by atoms with Crippen molar-refractivity contribution in [3.8, 4) is 0 Å². The van der Waals surface area contributed by atoms with Gasteiger partial charge in [0.25, 0.3) is 11.5 Å². The summed E-state index contributed by atoms with van der Waals surface area (Å²) in [5, 5.41) is 14.2. The van der Waals surface area contributed by atoms with E-state index in [4.69, 9.17) is 0 Å². The molecule has 8 heteroatoms. The second-order valence-corrected chi connectivity index (χ2v) is 8.87. The summed E-state index contributed by atoms with van der Waals surface area (Å²) in [6.07, 6.45) is 3.61. The van der Waals surface area contributed by atoms with E-state index in [-0.39, 0.29) is 29.0 Å². The number of aromatic nitrogens is 1. The van der Waals surface area contributed by atoms with Crippen LogP contribution in [-0.4, -0.2) is 75.7 Å². The number of hydrogen-bond donors (Lipinski definition) is 2. The first-order valence-corrected chi connectivity index (χ1v) is 10.9. The smallest absolute Gasteiger partial charge is 0.263 e. The topological polar surface area (TPSA) is 94.9 Å². The molecule has 1 aromatic rings. The molecule has 0 saturated carbocycles. The summed E-state index contributed by atoms with van der Waals surface area (Å²) >= 11 is 0. The summed E-state index contributed by atoms with van der Waals surface area (Å²) in [6, 6.07) is 3.61. The molecule has 0 spiro atoms. The molecule has 0 unspecified atom stereocenters. The molecule has 0 bridgehead atoms. The van der Waals surface area contributed by atoms with E-state index in [0.717, 1.165) is 31.6 Å². The summed E-state index contributed by atoms with van der Waals surface area (Å²) in [7, 11) is 1.67. The molecule has 1 atom stereocenters. The number of amides is 2. The van der Waals surface area contributed by atoms with Gasteiger partial charge < -0.3 is 24.8 Å². The van der Waals surface area contributed by atoms with E-state index in [2.05, 4.69) is 10.2 Å². The Labute approximate surface area is 177 Å². The number of β-amino-alcohol motifs (C(OH)–C–C–N with tert-alkyl or cyclic N) is 1. The third kappa shape index (κ3) is 5.29. The van der Waals surface area contributed by atoms with E-state index in [1.165, 1.54) is 4.57 Å². The first-order chi connectivity index (χ1) is 14.2. The van der Waals surface area contributed by atoms with Crippen molar-refractivity contribution in [2.24, 2.45) is 7.05 Å². The fraction of sp³-hybridized carbons (Fsp3) is 0.682. The molecule has 166 valence electrons. The predicted molar refractivity (Wildman–Crippen MR) is 114 cm³/mol. The zero-order chi connectivity index (χ0) is 21.9. The van der Waals surface area contributed by atoms with E-state index in [0.29, 0.717) is 38.9 Å². The second-order valence-electron chi connectivity index (χ2n) is 8.87. The molecule has 2 saturated heterocycles. The van der Waals surface area contributed by atoms with Gasteiger partial charge in [-0.2, -0.15) is 0 Å². The van der Waals surface area contributed by atoms with Crippen LogP contribution >= 0.6 is 0 Å². The molecule has 3 rings (SSSR count). The monoisotopic (exact) mass is 418 g/mol. The summed E-state index contributed by atoms with van der Waals surface area (Å²) in [6.45, 7) is 6.62. The third-order valence-electron chi connectivity index (χ3n) is 6.50. The Hall–Kier alpha value is -2.19. The van der Waals surface area contributed by atoms with Crippen LogP contribution in [-0.2, 0) is 11.8 Å². The van der Waals surface area contributed by atoms with Crippen LogP contribution in [0, 0.1) is 6.92 Å². The Morgan fingerprint density at radius 1 is 1.17 bits per heavy atom. The summed E-state index contributed by atoms with van der Waals surface area (Å²) in [4.78, 5) is 40.6. The fourth-order valence-electron chi connectivity index (χ4n) is 4.54. The highest BCUT2D eigenvalue weighted by atomic mass is 16.3. The van der Waals surface area contributed by atoms with Crippen molar-refractivity contribution in [2.75, 3.05) is 32.7 Å². The van der Waals surface area contributed by atoms with Crippen LogP contribution in [0.25, 0.3) is 0 Å². The zero-order valence-electron chi connectivity index (χ0n) is 18.3. The molecule has 2 aliphatic rings. The lowest BCUT2D eigenvalue weighted by Gasteiger charge is -2.38. The van der Waals surface area contributed by atoms with Gasteiger partial charge in [-0.1, -0.05) is 0 Å². The average Bonchev–Trinajstić information content (AvgIpc) is 2.89. The molecule has 8 nitrogen and oxygen atoms in total. The average molecular weight is 419 g/mol. The van der Waals surface area contributed by atoms with Crippen molar-refractivity contribution in [2.45, 2.75) is 57.6 Å². The zero-order valence-corrected chi connectivity index (χ0v) is 18.3. The van der Waals surface area contributed by atoms with Crippen molar-refractivity contribution < 1.29 is 14.7 Å². The number of carbonyl (C=O) groups excluding carboxylic acids is 2. The summed E-state index contributed by atoms with van der Waals surface area (Å²) in [5.74, 6) is -0.250. The standard InChI is InChI=1S/C22H34N4O4/c1-16-5-6-19(20(28)24(16)3)21(29)26-11-4-9-22(30,10-14-26)15-25-12-7-18(8-13-25)23-17(2)27/h5-6,18,30H,4,7-15H2,1-3H3,(H,23,27)/t22-/m1/s1. The van der Waals surface area contributed by atoms with E-state index in [1.54, 1.807) is 31.0 Å². The number of aliphatic hydroxyl groups is 1. The van der Waals surface area contributed by atoms with Crippen molar-refractivity contribution in [1.29, 1.82) is 0 Å². The molecular formula is C22H34N4O4. The molecule has 1 aromatic heterocycles. The van der Waals surface area contributed by atoms with Crippen molar-refractivity contribution in [3.63, 3.8) is 0 Å². The summed E-state index contributed by atoms with van der Waals surface area (Å²) < 4.78 is 1.49. The molecule has 30 heavy (non-hydrogen) atoms. The van der Waals surface area contributed by atoms with Crippen LogP contribution in [0.1, 0.15) is 55.1 Å². The van der Waals surface area contributed by atoms with Crippen molar-refractivity contribution in [3.05, 3.63) is 33.7 Å². The molecular weight excluding hydrogens is 384 g/mol. The first kappa shape index (κ1) is 22.5. The Morgan fingerprint density at radius 3 is 2.53 bits per heavy atom. The quantitative estimate of drug-likeness (QED) is 0.749. The van der Waals surface area contributed by atoms with Gasteiger partial charge in [0, 0.05) is 58.4 Å². The number of likely N-dealkylation sites (tertiary alicyclic amines) is 2. The number of nitrogens with zero attached hydrogens (tertiary/aromatic N) is 3. The number of hydrogen-bond acceptors (Lipinski definition) is 5. The van der Waals surface area contributed by atoms with E-state index in [9.17, 15) is 19.5 Å². The lowest BCUT2D eigenvalue weighted by Crippen LogP contribution is -2.50. The number of rotatable bonds is 4. The van der Waals surface area contributed by atoms with Gasteiger partial charge in [0.05, 0.1) is 5.60 Å². The molecule has 2 fully saturated rings. The molecule has 0 aliphatic carbocycles. The highest BCUT2D eigenvalue weighted by Crippen LogP contribution is 2.25. The maximum absolute atomic E-state index is 12.9. The van der Waals surface area contributed by atoms with Gasteiger partial charge in [-0.15, -0.1) is 0 Å². The fourth-order valence-corrected chi connectivity index (χ4v) is 4.54. The molecule has 2 aliphatic heterocycles. The van der Waals surface area contributed by atoms with Crippen LogP contribution in [0.4, 0.5) is 0 Å². The van der Waals surface area contributed by atoms with Crippen LogP contribution in [0.5, 0.6) is 0 Å². The third-order valence-corrected chi connectivity index (χ3v) is 6.50. The predicted octanol–water partition coefficient (Wildman–Crippen LogP) is 0.651. The number of pyridine rings is 1. The van der Waals surface area contributed by atoms with E-state index < -0.39 is 5.60 Å². The molecule has 3 heterocycles. The van der Waals surface area contributed by atoms with E-state index >= 15 is 0 Å². The highest BCUT2D eigenvalue weighted by Gasteiger charge is 2.35. The van der Waals surface area contributed by atoms with Crippen LogP contribution in [0.15, 0.2) is 16.9 Å². The maximum atomic E-state index is 12.9. The number of piperidine rings is 1. The minimum atomic E-state index is -0.839. The van der Waals surface area contributed by atoms with Crippen molar-refractivity contribution in [1.82, 2.24) is 19.7 Å². The summed E-state index contributed by atoms with van der Waals surface area (Å²) in [5.41, 5.74) is -0.118. The normalized spacial score (nSPS) is 23.8. The van der Waals surface area contributed by atoms with Gasteiger partial charge >= 0.3 is 0 Å². The van der Waals surface area contributed by atoms with Gasteiger partial charge in [-0.05, 0) is 51.2 Å². The number of aryl methyl sites for hydroxylation is 1. The van der Waals surface area contributed by atoms with Gasteiger partial charge in [0.15, 0.2) is 0 Å². The molecule has 2 N–H and O–H groups in total. The highest BCUT2D eigenvalue weighted by molar-refractivity contribution is 5.93. The van der Waals surface area contributed by atoms with Crippen LogP contribution < -0.4 is 10.9 Å². The largest absolute Gasteiger partial charge is 0.388 e. The number of carbonyl (C=O) groups is 2. The molecule has 0 aromatic carbocycles. The van der Waals surface area contributed by atoms with Crippen LogP contribution in [0.2, 0.25) is 0 Å². The minimum absolute atomic E-state index is 0.00372. The Morgan fingerprint density at radius 2 is 1.87 bits per heavy atom. The number of nitrogens with one attached hydrogen (secondary N) is 1. The van der Waals surface area contributed by atoms with Crippen molar-refractivity contribution >= 4 is 11.8 Å². The Balaban J connectivity index is 1.58. The Kier molecular flexibility index (Phi) is 6.98. The van der Waals surface area contributed by atoms with Gasteiger partial charge in [0.1, 0.15) is 5.56 Å². The van der Waals surface area contributed by atoms with Crippen LogP contribution in [0.3, 0.4) is 0 Å². The SMILES string of the molecule is CC(=O)NC1CCN(C[C@@]2(O)CCCN(C(=O)c3ccc(C)n(C)c3=O)CC2)CC1. The lowest BCUT2D eigenvalue weighted by atomic mass is 9.93. The Bertz CT molecular complexity index is 844. The maximum Gasteiger partial charge on any atom is 0.263 e. The minimum Gasteiger partial charge on any atom is -0.388 e. The first-order valence-electron chi connectivity index (χ1n) is 10.9.